The predicted molar refractivity (Wildman–Crippen MR) is 109 cm³/mol. The van der Waals surface area contributed by atoms with Gasteiger partial charge in [0.25, 0.3) is 0 Å². The summed E-state index contributed by atoms with van der Waals surface area (Å²) in [5, 5.41) is 6.71. The first kappa shape index (κ1) is 18.5. The van der Waals surface area contributed by atoms with E-state index >= 15 is 0 Å². The molecule has 0 aliphatic rings. The number of aromatic amines is 1. The first-order valence-corrected chi connectivity index (χ1v) is 8.92. The number of fused-ring (bicyclic) bond motifs is 1. The molecule has 0 unspecified atom stereocenters. The van der Waals surface area contributed by atoms with E-state index in [1.54, 1.807) is 0 Å². The van der Waals surface area contributed by atoms with Crippen molar-refractivity contribution < 1.29 is 9.59 Å². The number of carbonyl (C=O) groups excluding carboxylic acids is 2. The number of aromatic nitrogens is 1. The predicted octanol–water partition coefficient (Wildman–Crippen LogP) is 2.92. The molecule has 27 heavy (non-hydrogen) atoms. The van der Waals surface area contributed by atoms with Gasteiger partial charge < -0.3 is 20.5 Å². The average molecular weight is 364 g/mol. The Hall–Kier alpha value is -3.28. The number of nitrogens with zero attached hydrogens (tertiary/aromatic N) is 1. The van der Waals surface area contributed by atoms with Gasteiger partial charge in [-0.05, 0) is 42.3 Å². The number of hydrogen-bond donors (Lipinski definition) is 3. The van der Waals surface area contributed by atoms with Crippen LogP contribution in [-0.2, 0) is 16.0 Å². The van der Waals surface area contributed by atoms with Crippen LogP contribution in [-0.4, -0.2) is 37.4 Å². The smallest absolute Gasteiger partial charge is 0.233 e. The summed E-state index contributed by atoms with van der Waals surface area (Å²) in [4.78, 5) is 29.2. The van der Waals surface area contributed by atoms with Crippen LogP contribution in [0.25, 0.3) is 10.9 Å². The van der Waals surface area contributed by atoms with Crippen LogP contribution >= 0.6 is 0 Å². The standard InChI is InChI=1S/C21H24N4O2/c1-25(2)17-9-7-16(8-10-17)24-21(27)13-20(26)22-12-11-15-14-23-19-6-4-3-5-18(15)19/h3-10,14,23H,11-13H2,1-2H3,(H,22,26)(H,24,27). The average Bonchev–Trinajstić information content (AvgIpc) is 3.05. The fourth-order valence-corrected chi connectivity index (χ4v) is 2.93. The van der Waals surface area contributed by atoms with Crippen LogP contribution in [0.2, 0.25) is 0 Å². The van der Waals surface area contributed by atoms with E-state index in [1.807, 2.05) is 67.7 Å². The van der Waals surface area contributed by atoms with Gasteiger partial charge in [-0.15, -0.1) is 0 Å². The van der Waals surface area contributed by atoms with E-state index < -0.39 is 0 Å². The molecule has 0 aliphatic heterocycles. The Bertz CT molecular complexity index is 929. The molecule has 0 radical (unpaired) electrons. The number of hydrogen-bond acceptors (Lipinski definition) is 3. The minimum absolute atomic E-state index is 0.191. The van der Waals surface area contributed by atoms with Crippen molar-refractivity contribution in [2.45, 2.75) is 12.8 Å². The molecule has 3 aromatic rings. The maximum atomic E-state index is 12.0. The highest BCUT2D eigenvalue weighted by Gasteiger charge is 2.10. The van der Waals surface area contributed by atoms with Gasteiger partial charge in [-0.3, -0.25) is 9.59 Å². The number of nitrogens with one attached hydrogen (secondary N) is 3. The third kappa shape index (κ3) is 4.88. The van der Waals surface area contributed by atoms with Gasteiger partial charge in [0.15, 0.2) is 0 Å². The molecule has 0 saturated heterocycles. The lowest BCUT2D eigenvalue weighted by atomic mass is 10.1. The topological polar surface area (TPSA) is 77.2 Å². The highest BCUT2D eigenvalue weighted by atomic mass is 16.2. The molecule has 0 atom stereocenters. The van der Waals surface area contributed by atoms with Crippen LogP contribution in [0.15, 0.2) is 54.7 Å². The summed E-state index contributed by atoms with van der Waals surface area (Å²) in [5.74, 6) is -0.602. The van der Waals surface area contributed by atoms with Crippen LogP contribution in [0.1, 0.15) is 12.0 Å². The molecule has 1 aromatic heterocycles. The molecule has 0 aliphatic carbocycles. The molecule has 1 heterocycles. The molecule has 0 spiro atoms. The van der Waals surface area contributed by atoms with Gasteiger partial charge in [-0.2, -0.15) is 0 Å². The number of para-hydroxylation sites is 1. The molecule has 140 valence electrons. The third-order valence-electron chi connectivity index (χ3n) is 4.38. The number of H-pyrrole nitrogens is 1. The first-order chi connectivity index (χ1) is 13.0. The number of anilines is 2. The van der Waals surface area contributed by atoms with Crippen molar-refractivity contribution in [3.63, 3.8) is 0 Å². The summed E-state index contributed by atoms with van der Waals surface area (Å²) in [5.41, 5.74) is 3.95. The number of benzene rings is 2. The van der Waals surface area contributed by atoms with Crippen LogP contribution < -0.4 is 15.5 Å². The Morgan fingerprint density at radius 3 is 2.48 bits per heavy atom. The molecule has 0 saturated carbocycles. The van der Waals surface area contributed by atoms with Crippen molar-refractivity contribution in [2.75, 3.05) is 30.9 Å². The summed E-state index contributed by atoms with van der Waals surface area (Å²) in [6.07, 6.45) is 2.48. The molecule has 2 aromatic carbocycles. The molecular formula is C21H24N4O2. The highest BCUT2D eigenvalue weighted by molar-refractivity contribution is 6.03. The molecule has 2 amide bonds. The molecule has 0 fully saturated rings. The molecule has 6 heteroatoms. The minimum Gasteiger partial charge on any atom is -0.378 e. The van der Waals surface area contributed by atoms with Gasteiger partial charge in [-0.25, -0.2) is 0 Å². The van der Waals surface area contributed by atoms with E-state index in [2.05, 4.69) is 21.7 Å². The quantitative estimate of drug-likeness (QED) is 0.564. The fourth-order valence-electron chi connectivity index (χ4n) is 2.93. The summed E-state index contributed by atoms with van der Waals surface area (Å²) < 4.78 is 0. The van der Waals surface area contributed by atoms with Gasteiger partial charge in [0, 0.05) is 49.1 Å². The maximum Gasteiger partial charge on any atom is 0.233 e. The van der Waals surface area contributed by atoms with E-state index in [9.17, 15) is 9.59 Å². The van der Waals surface area contributed by atoms with Crippen LogP contribution in [0, 0.1) is 0 Å². The second-order valence-corrected chi connectivity index (χ2v) is 6.63. The van der Waals surface area contributed by atoms with Crippen LogP contribution in [0.4, 0.5) is 11.4 Å². The van der Waals surface area contributed by atoms with E-state index in [0.29, 0.717) is 18.7 Å². The van der Waals surface area contributed by atoms with E-state index in [1.165, 1.54) is 0 Å². The minimum atomic E-state index is -0.322. The van der Waals surface area contributed by atoms with Gasteiger partial charge in [0.1, 0.15) is 6.42 Å². The van der Waals surface area contributed by atoms with Crippen molar-refractivity contribution in [2.24, 2.45) is 0 Å². The lowest BCUT2D eigenvalue weighted by molar-refractivity contribution is -0.126. The fraction of sp³-hybridized carbons (Fsp3) is 0.238. The zero-order valence-corrected chi connectivity index (χ0v) is 15.6. The van der Waals surface area contributed by atoms with Gasteiger partial charge in [0.05, 0.1) is 0 Å². The zero-order valence-electron chi connectivity index (χ0n) is 15.6. The van der Waals surface area contributed by atoms with Crippen molar-refractivity contribution in [3.8, 4) is 0 Å². The molecular weight excluding hydrogens is 340 g/mol. The van der Waals surface area contributed by atoms with Crippen molar-refractivity contribution in [3.05, 3.63) is 60.3 Å². The third-order valence-corrected chi connectivity index (χ3v) is 4.38. The Balaban J connectivity index is 1.44. The Labute approximate surface area is 158 Å². The Kier molecular flexibility index (Phi) is 5.76. The summed E-state index contributed by atoms with van der Waals surface area (Å²) in [7, 11) is 3.91. The second kappa shape index (κ2) is 8.40. The van der Waals surface area contributed by atoms with E-state index in [0.717, 1.165) is 22.2 Å². The molecule has 0 bridgehead atoms. The van der Waals surface area contributed by atoms with Crippen molar-refractivity contribution in [1.82, 2.24) is 10.3 Å². The Morgan fingerprint density at radius 2 is 1.74 bits per heavy atom. The lowest BCUT2D eigenvalue weighted by Gasteiger charge is -2.13. The van der Waals surface area contributed by atoms with Crippen molar-refractivity contribution >= 4 is 34.1 Å². The number of carbonyl (C=O) groups is 2. The van der Waals surface area contributed by atoms with Gasteiger partial charge in [0.2, 0.25) is 11.8 Å². The Morgan fingerprint density at radius 1 is 1.00 bits per heavy atom. The molecule has 6 nitrogen and oxygen atoms in total. The zero-order chi connectivity index (χ0) is 19.2. The summed E-state index contributed by atoms with van der Waals surface area (Å²) in [6.45, 7) is 0.492. The number of amides is 2. The van der Waals surface area contributed by atoms with Crippen LogP contribution in [0.3, 0.4) is 0 Å². The SMILES string of the molecule is CN(C)c1ccc(NC(=O)CC(=O)NCCc2c[nH]c3ccccc23)cc1. The van der Waals surface area contributed by atoms with Gasteiger partial charge in [-0.1, -0.05) is 18.2 Å². The monoisotopic (exact) mass is 364 g/mol. The summed E-state index contributed by atoms with van der Waals surface area (Å²) >= 11 is 0. The molecule has 3 rings (SSSR count). The van der Waals surface area contributed by atoms with Crippen molar-refractivity contribution in [1.29, 1.82) is 0 Å². The first-order valence-electron chi connectivity index (χ1n) is 8.92. The van der Waals surface area contributed by atoms with E-state index in [-0.39, 0.29) is 18.2 Å². The lowest BCUT2D eigenvalue weighted by Crippen LogP contribution is -2.29. The summed E-state index contributed by atoms with van der Waals surface area (Å²) in [6, 6.07) is 15.5. The highest BCUT2D eigenvalue weighted by Crippen LogP contribution is 2.18. The van der Waals surface area contributed by atoms with E-state index in [4.69, 9.17) is 0 Å². The maximum absolute atomic E-state index is 12.0. The van der Waals surface area contributed by atoms with Crippen LogP contribution in [0.5, 0.6) is 0 Å². The van der Waals surface area contributed by atoms with Gasteiger partial charge >= 0.3 is 0 Å². The normalized spacial score (nSPS) is 10.6. The molecule has 3 N–H and O–H groups in total. The second-order valence-electron chi connectivity index (χ2n) is 6.63. The number of rotatable bonds is 7. The largest absolute Gasteiger partial charge is 0.378 e.